The lowest BCUT2D eigenvalue weighted by atomic mass is 9.98. The SMILES string of the molecule is CNC(=O)[C@H]1CCCN(c2nc3ncn(CC(=O)Nc4ccc5c(c4)OCCO5)c(=O)c3s2)C1. The summed E-state index contributed by atoms with van der Waals surface area (Å²) in [6, 6.07) is 5.14. The van der Waals surface area contributed by atoms with Crippen molar-refractivity contribution in [2.24, 2.45) is 5.92 Å². The number of aromatic nitrogens is 3. The number of hydrogen-bond donors (Lipinski definition) is 2. The number of fused-ring (bicyclic) bond motifs is 2. The molecule has 0 radical (unpaired) electrons. The Kier molecular flexibility index (Phi) is 6.05. The molecule has 0 saturated carbocycles. The Morgan fingerprint density at radius 3 is 2.88 bits per heavy atom. The second-order valence-corrected chi connectivity index (χ2v) is 9.11. The first-order chi connectivity index (χ1) is 16.5. The zero-order chi connectivity index (χ0) is 23.7. The van der Waals surface area contributed by atoms with Gasteiger partial charge in [0.1, 0.15) is 30.8 Å². The van der Waals surface area contributed by atoms with Crippen molar-refractivity contribution in [1.29, 1.82) is 0 Å². The van der Waals surface area contributed by atoms with Gasteiger partial charge in [0.15, 0.2) is 22.3 Å². The average molecular weight is 485 g/mol. The predicted molar refractivity (Wildman–Crippen MR) is 127 cm³/mol. The van der Waals surface area contributed by atoms with Crippen LogP contribution in [0.4, 0.5) is 10.8 Å². The van der Waals surface area contributed by atoms with Gasteiger partial charge in [-0.2, -0.15) is 4.98 Å². The molecule has 178 valence electrons. The maximum atomic E-state index is 13.0. The first-order valence-electron chi connectivity index (χ1n) is 11.0. The quantitative estimate of drug-likeness (QED) is 0.554. The summed E-state index contributed by atoms with van der Waals surface area (Å²) in [7, 11) is 1.63. The molecule has 2 N–H and O–H groups in total. The summed E-state index contributed by atoms with van der Waals surface area (Å²) in [5.41, 5.74) is 0.564. The van der Waals surface area contributed by atoms with Crippen LogP contribution in [0, 0.1) is 5.92 Å². The van der Waals surface area contributed by atoms with Gasteiger partial charge < -0.3 is 25.0 Å². The molecule has 1 saturated heterocycles. The van der Waals surface area contributed by atoms with Gasteiger partial charge in [-0.1, -0.05) is 11.3 Å². The number of anilines is 2. The summed E-state index contributed by atoms with van der Waals surface area (Å²) in [5.74, 6) is 0.730. The summed E-state index contributed by atoms with van der Waals surface area (Å²) in [6.45, 7) is 2.06. The van der Waals surface area contributed by atoms with E-state index >= 15 is 0 Å². The maximum absolute atomic E-state index is 13.0. The third kappa shape index (κ3) is 4.40. The minimum Gasteiger partial charge on any atom is -0.486 e. The van der Waals surface area contributed by atoms with E-state index in [0.717, 1.165) is 19.4 Å². The Labute approximate surface area is 198 Å². The van der Waals surface area contributed by atoms with E-state index < -0.39 is 0 Å². The van der Waals surface area contributed by atoms with Crippen molar-refractivity contribution in [2.45, 2.75) is 19.4 Å². The highest BCUT2D eigenvalue weighted by molar-refractivity contribution is 7.22. The molecular formula is C22H24N6O5S. The summed E-state index contributed by atoms with van der Waals surface area (Å²) in [4.78, 5) is 48.5. The predicted octanol–water partition coefficient (Wildman–Crippen LogP) is 1.23. The van der Waals surface area contributed by atoms with Crippen LogP contribution < -0.4 is 30.6 Å². The second kappa shape index (κ2) is 9.29. The molecule has 0 bridgehead atoms. The van der Waals surface area contributed by atoms with E-state index in [9.17, 15) is 14.4 Å². The van der Waals surface area contributed by atoms with Crippen molar-refractivity contribution < 1.29 is 19.1 Å². The molecule has 2 amide bonds. The van der Waals surface area contributed by atoms with Crippen molar-refractivity contribution in [1.82, 2.24) is 19.9 Å². The highest BCUT2D eigenvalue weighted by atomic mass is 32.1. The molecule has 2 aromatic heterocycles. The average Bonchev–Trinajstić information content (AvgIpc) is 3.30. The lowest BCUT2D eigenvalue weighted by Crippen LogP contribution is -2.42. The van der Waals surface area contributed by atoms with Crippen LogP contribution in [0.1, 0.15) is 12.8 Å². The van der Waals surface area contributed by atoms with Gasteiger partial charge in [-0.15, -0.1) is 0 Å². The first kappa shape index (κ1) is 22.1. The number of piperidine rings is 1. The number of rotatable bonds is 5. The summed E-state index contributed by atoms with van der Waals surface area (Å²) >= 11 is 1.24. The summed E-state index contributed by atoms with van der Waals surface area (Å²) in [5, 5.41) is 6.13. The van der Waals surface area contributed by atoms with Crippen LogP contribution in [0.2, 0.25) is 0 Å². The third-order valence-electron chi connectivity index (χ3n) is 5.82. The van der Waals surface area contributed by atoms with Crippen molar-refractivity contribution in [3.8, 4) is 11.5 Å². The fourth-order valence-corrected chi connectivity index (χ4v) is 5.13. The highest BCUT2D eigenvalue weighted by Gasteiger charge is 2.27. The molecule has 4 heterocycles. The molecule has 12 heteroatoms. The monoisotopic (exact) mass is 484 g/mol. The number of ether oxygens (including phenoxy) is 2. The van der Waals surface area contributed by atoms with Crippen LogP contribution in [0.25, 0.3) is 10.3 Å². The lowest BCUT2D eigenvalue weighted by molar-refractivity contribution is -0.124. The molecule has 1 atom stereocenters. The molecular weight excluding hydrogens is 460 g/mol. The number of carbonyl (C=O) groups excluding carboxylic acids is 2. The molecule has 34 heavy (non-hydrogen) atoms. The number of amides is 2. The zero-order valence-corrected chi connectivity index (χ0v) is 19.4. The standard InChI is InChI=1S/C22H24N6O5S/c1-23-20(30)13-3-2-6-27(10-13)22-26-19-18(34-22)21(31)28(12-24-19)11-17(29)25-14-4-5-15-16(9-14)33-8-7-32-15/h4-5,9,12-13H,2-3,6-8,10-11H2,1H3,(H,23,30)(H,25,29)/t13-/m0/s1. The summed E-state index contributed by atoms with van der Waals surface area (Å²) < 4.78 is 12.7. The molecule has 0 aliphatic carbocycles. The van der Waals surface area contributed by atoms with E-state index in [1.807, 2.05) is 4.90 Å². The Morgan fingerprint density at radius 1 is 1.24 bits per heavy atom. The van der Waals surface area contributed by atoms with Gasteiger partial charge in [0.2, 0.25) is 11.8 Å². The van der Waals surface area contributed by atoms with Crippen LogP contribution in [-0.4, -0.2) is 59.7 Å². The second-order valence-electron chi connectivity index (χ2n) is 8.13. The number of benzene rings is 1. The van der Waals surface area contributed by atoms with E-state index in [1.54, 1.807) is 25.2 Å². The minimum atomic E-state index is -0.367. The van der Waals surface area contributed by atoms with Gasteiger partial charge in [-0.3, -0.25) is 19.0 Å². The van der Waals surface area contributed by atoms with Crippen molar-refractivity contribution >= 4 is 44.3 Å². The van der Waals surface area contributed by atoms with Crippen molar-refractivity contribution in [3.05, 3.63) is 34.9 Å². The van der Waals surface area contributed by atoms with Crippen LogP contribution >= 0.6 is 11.3 Å². The number of carbonyl (C=O) groups is 2. The zero-order valence-electron chi connectivity index (χ0n) is 18.6. The minimum absolute atomic E-state index is 0.00955. The molecule has 5 rings (SSSR count). The molecule has 1 aromatic carbocycles. The number of nitrogens with zero attached hydrogens (tertiary/aromatic N) is 4. The van der Waals surface area contributed by atoms with E-state index in [0.29, 0.717) is 52.4 Å². The van der Waals surface area contributed by atoms with Crippen LogP contribution in [0.15, 0.2) is 29.3 Å². The van der Waals surface area contributed by atoms with E-state index in [1.165, 1.54) is 22.2 Å². The smallest absolute Gasteiger partial charge is 0.273 e. The van der Waals surface area contributed by atoms with Gasteiger partial charge in [0, 0.05) is 31.9 Å². The molecule has 11 nitrogen and oxygen atoms in total. The topological polar surface area (TPSA) is 128 Å². The fourth-order valence-electron chi connectivity index (χ4n) is 4.13. The Balaban J connectivity index is 1.31. The molecule has 3 aromatic rings. The van der Waals surface area contributed by atoms with Gasteiger partial charge >= 0.3 is 0 Å². The lowest BCUT2D eigenvalue weighted by Gasteiger charge is -2.31. The highest BCUT2D eigenvalue weighted by Crippen LogP contribution is 2.32. The molecule has 0 unspecified atom stereocenters. The van der Waals surface area contributed by atoms with Crippen molar-refractivity contribution in [2.75, 3.05) is 43.6 Å². The molecule has 2 aliphatic rings. The first-order valence-corrected chi connectivity index (χ1v) is 11.9. The van der Waals surface area contributed by atoms with E-state index in [4.69, 9.17) is 9.47 Å². The van der Waals surface area contributed by atoms with Gasteiger partial charge in [-0.25, -0.2) is 4.98 Å². The van der Waals surface area contributed by atoms with Crippen LogP contribution in [0.5, 0.6) is 11.5 Å². The largest absolute Gasteiger partial charge is 0.486 e. The van der Waals surface area contributed by atoms with Crippen LogP contribution in [0.3, 0.4) is 0 Å². The van der Waals surface area contributed by atoms with E-state index in [2.05, 4.69) is 20.6 Å². The van der Waals surface area contributed by atoms with Gasteiger partial charge in [0.25, 0.3) is 5.56 Å². The van der Waals surface area contributed by atoms with Gasteiger partial charge in [-0.05, 0) is 25.0 Å². The van der Waals surface area contributed by atoms with Crippen LogP contribution in [-0.2, 0) is 16.1 Å². The summed E-state index contributed by atoms with van der Waals surface area (Å²) in [6.07, 6.45) is 3.03. The third-order valence-corrected chi connectivity index (χ3v) is 6.91. The Morgan fingerprint density at radius 2 is 2.06 bits per heavy atom. The number of nitrogens with one attached hydrogen (secondary N) is 2. The Hall–Kier alpha value is -3.67. The maximum Gasteiger partial charge on any atom is 0.273 e. The van der Waals surface area contributed by atoms with E-state index in [-0.39, 0.29) is 29.8 Å². The molecule has 1 fully saturated rings. The van der Waals surface area contributed by atoms with Gasteiger partial charge in [0.05, 0.1) is 5.92 Å². The fraction of sp³-hybridized carbons (Fsp3) is 0.409. The molecule has 2 aliphatic heterocycles. The molecule has 0 spiro atoms. The number of hydrogen-bond acceptors (Lipinski definition) is 9. The number of thiazole rings is 1. The normalized spacial score (nSPS) is 17.4. The Bertz CT molecular complexity index is 1300. The van der Waals surface area contributed by atoms with Crippen molar-refractivity contribution in [3.63, 3.8) is 0 Å².